The third-order valence-electron chi connectivity index (χ3n) is 3.08. The minimum atomic E-state index is -0.303. The summed E-state index contributed by atoms with van der Waals surface area (Å²) in [5.74, 6) is -0.607. The first-order chi connectivity index (χ1) is 9.08. The lowest BCUT2D eigenvalue weighted by atomic mass is 10.1. The Bertz CT molecular complexity index is 654. The quantitative estimate of drug-likeness (QED) is 0.745. The molecule has 1 aliphatic rings. The molecule has 2 amide bonds. The molecule has 0 spiro atoms. The third-order valence-corrected chi connectivity index (χ3v) is 3.30. The summed E-state index contributed by atoms with van der Waals surface area (Å²) in [6, 6.07) is 12.0. The molecule has 19 heavy (non-hydrogen) atoms. The number of carbonyl (C=O) groups excluding carboxylic acids is 2. The van der Waals surface area contributed by atoms with Gasteiger partial charge < -0.3 is 0 Å². The van der Waals surface area contributed by atoms with Gasteiger partial charge in [-0.1, -0.05) is 23.7 Å². The van der Waals surface area contributed by atoms with Crippen molar-refractivity contribution < 1.29 is 9.59 Å². The van der Waals surface area contributed by atoms with E-state index in [-0.39, 0.29) is 11.8 Å². The van der Waals surface area contributed by atoms with Gasteiger partial charge in [0.05, 0.1) is 16.8 Å². The van der Waals surface area contributed by atoms with Crippen molar-refractivity contribution >= 4 is 29.1 Å². The number of aryl methyl sites for hydroxylation is 1. The van der Waals surface area contributed by atoms with Crippen molar-refractivity contribution in [1.82, 2.24) is 0 Å². The molecular weight excluding hydrogens is 262 g/mol. The molecule has 0 fully saturated rings. The predicted molar refractivity (Wildman–Crippen MR) is 73.8 cm³/mol. The van der Waals surface area contributed by atoms with E-state index in [1.165, 1.54) is 4.90 Å². The topological polar surface area (TPSA) is 37.4 Å². The van der Waals surface area contributed by atoms with Gasteiger partial charge in [-0.05, 0) is 42.8 Å². The molecule has 1 heterocycles. The summed E-state index contributed by atoms with van der Waals surface area (Å²) in [6.07, 6.45) is 0. The zero-order chi connectivity index (χ0) is 13.6. The Balaban J connectivity index is 2.14. The Kier molecular flexibility index (Phi) is 2.64. The molecule has 0 atom stereocenters. The lowest BCUT2D eigenvalue weighted by Gasteiger charge is -2.14. The fraction of sp³-hybridized carbons (Fsp3) is 0.0667. The van der Waals surface area contributed by atoms with Gasteiger partial charge in [0.2, 0.25) is 0 Å². The van der Waals surface area contributed by atoms with Crippen LogP contribution in [0.5, 0.6) is 0 Å². The maximum atomic E-state index is 12.3. The van der Waals surface area contributed by atoms with Crippen LogP contribution in [0.25, 0.3) is 0 Å². The predicted octanol–water partition coefficient (Wildman–Crippen LogP) is 3.45. The minimum absolute atomic E-state index is 0.303. The first-order valence-corrected chi connectivity index (χ1v) is 6.21. The number of hydrogen-bond donors (Lipinski definition) is 0. The van der Waals surface area contributed by atoms with Crippen molar-refractivity contribution in [3.05, 3.63) is 64.2 Å². The molecule has 3 nitrogen and oxygen atoms in total. The molecule has 2 aromatic rings. The fourth-order valence-electron chi connectivity index (χ4n) is 2.27. The van der Waals surface area contributed by atoms with Crippen LogP contribution in [0.4, 0.5) is 5.69 Å². The molecule has 4 heteroatoms. The Labute approximate surface area is 115 Å². The SMILES string of the molecule is Cc1cc(Cl)cc(N2C(=O)c3ccccc3C2=O)c1. The summed E-state index contributed by atoms with van der Waals surface area (Å²) in [4.78, 5) is 25.8. The van der Waals surface area contributed by atoms with E-state index in [0.29, 0.717) is 21.8 Å². The standard InChI is InChI=1S/C15H10ClNO2/c1-9-6-10(16)8-11(7-9)17-14(18)12-4-2-3-5-13(12)15(17)19/h2-8H,1H3. The summed E-state index contributed by atoms with van der Waals surface area (Å²) in [5, 5.41) is 0.506. The normalized spacial score (nSPS) is 13.9. The highest BCUT2D eigenvalue weighted by Gasteiger charge is 2.36. The lowest BCUT2D eigenvalue weighted by Crippen LogP contribution is -2.29. The average molecular weight is 272 g/mol. The monoisotopic (exact) mass is 271 g/mol. The number of carbonyl (C=O) groups is 2. The molecule has 0 aromatic heterocycles. The zero-order valence-electron chi connectivity index (χ0n) is 10.2. The van der Waals surface area contributed by atoms with E-state index in [4.69, 9.17) is 11.6 Å². The number of amides is 2. The van der Waals surface area contributed by atoms with Crippen LogP contribution in [0.3, 0.4) is 0 Å². The Morgan fingerprint density at radius 2 is 1.53 bits per heavy atom. The van der Waals surface area contributed by atoms with E-state index < -0.39 is 0 Å². The van der Waals surface area contributed by atoms with Crippen LogP contribution in [-0.2, 0) is 0 Å². The third kappa shape index (κ3) is 1.83. The number of anilines is 1. The average Bonchev–Trinajstić information content (AvgIpc) is 2.61. The van der Waals surface area contributed by atoms with Crippen LogP contribution >= 0.6 is 11.6 Å². The van der Waals surface area contributed by atoms with Gasteiger partial charge in [-0.15, -0.1) is 0 Å². The molecule has 0 saturated carbocycles. The molecule has 0 radical (unpaired) electrons. The molecule has 3 rings (SSSR count). The van der Waals surface area contributed by atoms with Crippen LogP contribution in [0.2, 0.25) is 5.02 Å². The Morgan fingerprint density at radius 1 is 0.947 bits per heavy atom. The summed E-state index contributed by atoms with van der Waals surface area (Å²) in [6.45, 7) is 1.87. The fourth-order valence-corrected chi connectivity index (χ4v) is 2.55. The maximum absolute atomic E-state index is 12.3. The smallest absolute Gasteiger partial charge is 0.266 e. The maximum Gasteiger partial charge on any atom is 0.266 e. The van der Waals surface area contributed by atoms with Gasteiger partial charge in [-0.2, -0.15) is 0 Å². The van der Waals surface area contributed by atoms with Crippen LogP contribution in [0.1, 0.15) is 26.3 Å². The van der Waals surface area contributed by atoms with Crippen molar-refractivity contribution in [2.24, 2.45) is 0 Å². The second-order valence-corrected chi connectivity index (χ2v) is 4.91. The largest absolute Gasteiger partial charge is 0.268 e. The molecule has 94 valence electrons. The number of imide groups is 1. The first kappa shape index (κ1) is 11.9. The van der Waals surface area contributed by atoms with Gasteiger partial charge in [0.1, 0.15) is 0 Å². The number of halogens is 1. The highest BCUT2D eigenvalue weighted by molar-refractivity contribution is 6.35. The van der Waals surface area contributed by atoms with E-state index in [9.17, 15) is 9.59 Å². The van der Waals surface area contributed by atoms with Crippen LogP contribution in [-0.4, -0.2) is 11.8 Å². The van der Waals surface area contributed by atoms with E-state index in [0.717, 1.165) is 5.56 Å². The van der Waals surface area contributed by atoms with Crippen molar-refractivity contribution in [2.45, 2.75) is 6.92 Å². The van der Waals surface area contributed by atoms with Crippen molar-refractivity contribution in [3.8, 4) is 0 Å². The second kappa shape index (κ2) is 4.21. The van der Waals surface area contributed by atoms with E-state index in [2.05, 4.69) is 0 Å². The molecular formula is C15H10ClNO2. The molecule has 0 N–H and O–H groups in total. The highest BCUT2D eigenvalue weighted by atomic mass is 35.5. The molecule has 1 aliphatic heterocycles. The summed E-state index contributed by atoms with van der Waals surface area (Å²) in [5.41, 5.74) is 2.28. The number of nitrogens with zero attached hydrogens (tertiary/aromatic N) is 1. The van der Waals surface area contributed by atoms with Gasteiger partial charge in [-0.3, -0.25) is 9.59 Å². The van der Waals surface area contributed by atoms with Crippen LogP contribution in [0.15, 0.2) is 42.5 Å². The van der Waals surface area contributed by atoms with E-state index in [1.807, 2.05) is 6.92 Å². The number of fused-ring (bicyclic) bond motifs is 1. The van der Waals surface area contributed by atoms with Gasteiger partial charge in [0, 0.05) is 5.02 Å². The first-order valence-electron chi connectivity index (χ1n) is 5.83. The van der Waals surface area contributed by atoms with Gasteiger partial charge >= 0.3 is 0 Å². The Hall–Kier alpha value is -2.13. The second-order valence-electron chi connectivity index (χ2n) is 4.48. The lowest BCUT2D eigenvalue weighted by molar-refractivity contribution is 0.0926. The molecule has 0 unspecified atom stereocenters. The van der Waals surface area contributed by atoms with Crippen molar-refractivity contribution in [3.63, 3.8) is 0 Å². The number of hydrogen-bond acceptors (Lipinski definition) is 2. The van der Waals surface area contributed by atoms with E-state index >= 15 is 0 Å². The van der Waals surface area contributed by atoms with Gasteiger partial charge in [0.15, 0.2) is 0 Å². The van der Waals surface area contributed by atoms with Crippen molar-refractivity contribution in [2.75, 3.05) is 4.90 Å². The summed E-state index contributed by atoms with van der Waals surface area (Å²) < 4.78 is 0. The summed E-state index contributed by atoms with van der Waals surface area (Å²) >= 11 is 5.99. The van der Waals surface area contributed by atoms with E-state index in [1.54, 1.807) is 42.5 Å². The van der Waals surface area contributed by atoms with Crippen LogP contribution < -0.4 is 4.90 Å². The number of rotatable bonds is 1. The minimum Gasteiger partial charge on any atom is -0.268 e. The highest BCUT2D eigenvalue weighted by Crippen LogP contribution is 2.30. The molecule has 0 saturated heterocycles. The zero-order valence-corrected chi connectivity index (χ0v) is 10.9. The van der Waals surface area contributed by atoms with Gasteiger partial charge in [-0.25, -0.2) is 4.90 Å². The molecule has 2 aromatic carbocycles. The number of benzene rings is 2. The van der Waals surface area contributed by atoms with Crippen molar-refractivity contribution in [1.29, 1.82) is 0 Å². The van der Waals surface area contributed by atoms with Crippen LogP contribution in [0, 0.1) is 6.92 Å². The van der Waals surface area contributed by atoms with Gasteiger partial charge in [0.25, 0.3) is 11.8 Å². The summed E-state index contributed by atoms with van der Waals surface area (Å²) in [7, 11) is 0. The Morgan fingerprint density at radius 3 is 2.05 bits per heavy atom. The molecule has 0 aliphatic carbocycles. The molecule has 0 bridgehead atoms.